The van der Waals surface area contributed by atoms with Crippen LogP contribution in [0, 0.1) is 0 Å². The number of methoxy groups -OCH3 is 1. The highest BCUT2D eigenvalue weighted by atomic mass is 32.1. The number of hydrogen-bond donors (Lipinski definition) is 1. The van der Waals surface area contributed by atoms with Crippen LogP contribution in [0.1, 0.15) is 48.7 Å². The van der Waals surface area contributed by atoms with E-state index in [0.717, 1.165) is 32.4 Å². The maximum atomic E-state index is 5.95. The smallest absolute Gasteiger partial charge is 0.113 e. The SMILES string of the molecule is COCCNC1(c2nc3c(s2)CCC3)CC(C)OC(C)C1. The van der Waals surface area contributed by atoms with Crippen molar-refractivity contribution >= 4 is 11.3 Å². The van der Waals surface area contributed by atoms with Gasteiger partial charge in [0.05, 0.1) is 30.0 Å². The van der Waals surface area contributed by atoms with E-state index in [1.54, 1.807) is 7.11 Å². The fourth-order valence-electron chi connectivity index (χ4n) is 3.74. The van der Waals surface area contributed by atoms with Crippen molar-refractivity contribution in [3.8, 4) is 0 Å². The normalized spacial score (nSPS) is 32.3. The number of nitrogens with one attached hydrogen (secondary N) is 1. The van der Waals surface area contributed by atoms with Crippen molar-refractivity contribution in [3.63, 3.8) is 0 Å². The minimum absolute atomic E-state index is 0.0371. The lowest BCUT2D eigenvalue weighted by molar-refractivity contribution is -0.0721. The summed E-state index contributed by atoms with van der Waals surface area (Å²) in [6.07, 6.45) is 6.16. The molecule has 4 nitrogen and oxygen atoms in total. The molecule has 2 unspecified atom stereocenters. The Bertz CT molecular complexity index is 457. The summed E-state index contributed by atoms with van der Waals surface area (Å²) in [5.74, 6) is 0. The van der Waals surface area contributed by atoms with Gasteiger partial charge in [-0.1, -0.05) is 0 Å². The standard InChI is InChI=1S/C16H26N2O2S/c1-11-9-16(10-12(2)20-11,17-7-8-19-3)15-18-13-5-4-6-14(13)21-15/h11-12,17H,4-10H2,1-3H3. The molecule has 2 atom stereocenters. The van der Waals surface area contributed by atoms with E-state index in [4.69, 9.17) is 14.5 Å². The number of aromatic nitrogens is 1. The third-order valence-electron chi connectivity index (χ3n) is 4.51. The predicted octanol–water partition coefficient (Wildman–Crippen LogP) is 2.65. The summed E-state index contributed by atoms with van der Waals surface area (Å²) >= 11 is 1.92. The molecule has 2 heterocycles. The second-order valence-corrected chi connectivity index (χ2v) is 7.49. The van der Waals surface area contributed by atoms with E-state index in [1.165, 1.54) is 28.4 Å². The van der Waals surface area contributed by atoms with E-state index in [1.807, 2.05) is 11.3 Å². The molecule has 1 N–H and O–H groups in total. The van der Waals surface area contributed by atoms with E-state index in [2.05, 4.69) is 19.2 Å². The van der Waals surface area contributed by atoms with Crippen molar-refractivity contribution in [3.05, 3.63) is 15.6 Å². The van der Waals surface area contributed by atoms with Gasteiger partial charge in [0.1, 0.15) is 5.01 Å². The lowest BCUT2D eigenvalue weighted by atomic mass is 9.84. The van der Waals surface area contributed by atoms with Crippen LogP contribution in [0.4, 0.5) is 0 Å². The van der Waals surface area contributed by atoms with Gasteiger partial charge in [-0.15, -0.1) is 11.3 Å². The lowest BCUT2D eigenvalue weighted by Crippen LogP contribution is -2.51. The Hall–Kier alpha value is -0.490. The number of thiazole rings is 1. The number of ether oxygens (including phenoxy) is 2. The Balaban J connectivity index is 1.86. The van der Waals surface area contributed by atoms with Crippen molar-refractivity contribution in [1.29, 1.82) is 0 Å². The minimum atomic E-state index is -0.0371. The third kappa shape index (κ3) is 3.16. The lowest BCUT2D eigenvalue weighted by Gasteiger charge is -2.42. The van der Waals surface area contributed by atoms with E-state index < -0.39 is 0 Å². The summed E-state index contributed by atoms with van der Waals surface area (Å²) in [5.41, 5.74) is 1.31. The number of nitrogens with zero attached hydrogens (tertiary/aromatic N) is 1. The molecular formula is C16H26N2O2S. The van der Waals surface area contributed by atoms with Crippen LogP contribution in [-0.4, -0.2) is 37.5 Å². The fraction of sp³-hybridized carbons (Fsp3) is 0.812. The van der Waals surface area contributed by atoms with Crippen LogP contribution < -0.4 is 5.32 Å². The summed E-state index contributed by atoms with van der Waals surface area (Å²) in [6, 6.07) is 0. The van der Waals surface area contributed by atoms with E-state index in [-0.39, 0.29) is 17.7 Å². The molecule has 1 saturated heterocycles. The highest BCUT2D eigenvalue weighted by Crippen LogP contribution is 2.41. The van der Waals surface area contributed by atoms with Crippen LogP contribution >= 0.6 is 11.3 Å². The molecule has 0 radical (unpaired) electrons. The van der Waals surface area contributed by atoms with Crippen molar-refractivity contribution in [2.45, 2.75) is 63.7 Å². The van der Waals surface area contributed by atoms with Crippen LogP contribution in [0.3, 0.4) is 0 Å². The molecule has 1 aliphatic carbocycles. The molecular weight excluding hydrogens is 284 g/mol. The Morgan fingerprint density at radius 1 is 1.33 bits per heavy atom. The van der Waals surface area contributed by atoms with Gasteiger partial charge < -0.3 is 14.8 Å². The Labute approximate surface area is 131 Å². The van der Waals surface area contributed by atoms with Gasteiger partial charge in [0.15, 0.2) is 0 Å². The van der Waals surface area contributed by atoms with E-state index in [0.29, 0.717) is 0 Å². The van der Waals surface area contributed by atoms with Gasteiger partial charge in [0, 0.05) is 18.5 Å². The van der Waals surface area contributed by atoms with E-state index in [9.17, 15) is 0 Å². The summed E-state index contributed by atoms with van der Waals surface area (Å²) in [5, 5.41) is 5.01. The third-order valence-corrected chi connectivity index (χ3v) is 5.87. The van der Waals surface area contributed by atoms with Crippen LogP contribution in [0.15, 0.2) is 0 Å². The van der Waals surface area contributed by atoms with E-state index >= 15 is 0 Å². The van der Waals surface area contributed by atoms with Gasteiger partial charge in [-0.25, -0.2) is 4.98 Å². The zero-order valence-corrected chi connectivity index (χ0v) is 14.1. The highest BCUT2D eigenvalue weighted by Gasteiger charge is 2.42. The van der Waals surface area contributed by atoms with Gasteiger partial charge in [-0.3, -0.25) is 0 Å². The average Bonchev–Trinajstić information content (AvgIpc) is 2.98. The molecule has 1 aliphatic heterocycles. The number of aryl methyl sites for hydroxylation is 2. The molecule has 0 bridgehead atoms. The van der Waals surface area contributed by atoms with Crippen molar-refractivity contribution in [2.24, 2.45) is 0 Å². The first-order chi connectivity index (χ1) is 10.1. The van der Waals surface area contributed by atoms with Gasteiger partial charge in [0.25, 0.3) is 0 Å². The van der Waals surface area contributed by atoms with Gasteiger partial charge in [-0.2, -0.15) is 0 Å². The first kappa shape index (κ1) is 15.4. The summed E-state index contributed by atoms with van der Waals surface area (Å²) in [7, 11) is 1.75. The first-order valence-electron chi connectivity index (χ1n) is 8.01. The molecule has 0 spiro atoms. The number of rotatable bonds is 5. The second-order valence-electron chi connectivity index (χ2n) is 6.41. The van der Waals surface area contributed by atoms with Crippen LogP contribution in [0.2, 0.25) is 0 Å². The molecule has 0 saturated carbocycles. The monoisotopic (exact) mass is 310 g/mol. The summed E-state index contributed by atoms with van der Waals surface area (Å²) in [6.45, 7) is 5.93. The average molecular weight is 310 g/mol. The molecule has 1 aromatic rings. The molecule has 1 aromatic heterocycles. The zero-order chi connectivity index (χ0) is 14.9. The highest BCUT2D eigenvalue weighted by molar-refractivity contribution is 7.12. The maximum absolute atomic E-state index is 5.95. The summed E-state index contributed by atoms with van der Waals surface area (Å²) < 4.78 is 11.2. The van der Waals surface area contributed by atoms with Gasteiger partial charge in [-0.05, 0) is 46.0 Å². The molecule has 0 aromatic carbocycles. The van der Waals surface area contributed by atoms with Gasteiger partial charge in [0.2, 0.25) is 0 Å². The fourth-order valence-corrected chi connectivity index (χ4v) is 5.07. The topological polar surface area (TPSA) is 43.4 Å². The largest absolute Gasteiger partial charge is 0.383 e. The first-order valence-corrected chi connectivity index (χ1v) is 8.83. The summed E-state index contributed by atoms with van der Waals surface area (Å²) in [4.78, 5) is 6.50. The number of hydrogen-bond acceptors (Lipinski definition) is 5. The van der Waals surface area contributed by atoms with Crippen molar-refractivity contribution in [2.75, 3.05) is 20.3 Å². The zero-order valence-electron chi connectivity index (χ0n) is 13.3. The predicted molar refractivity (Wildman–Crippen MR) is 84.9 cm³/mol. The minimum Gasteiger partial charge on any atom is -0.383 e. The molecule has 118 valence electrons. The quantitative estimate of drug-likeness (QED) is 0.849. The molecule has 21 heavy (non-hydrogen) atoms. The maximum Gasteiger partial charge on any atom is 0.113 e. The van der Waals surface area contributed by atoms with Crippen molar-refractivity contribution < 1.29 is 9.47 Å². The van der Waals surface area contributed by atoms with Gasteiger partial charge >= 0.3 is 0 Å². The molecule has 2 aliphatic rings. The Morgan fingerprint density at radius 3 is 2.76 bits per heavy atom. The Morgan fingerprint density at radius 2 is 2.10 bits per heavy atom. The van der Waals surface area contributed by atoms with Crippen LogP contribution in [0.5, 0.6) is 0 Å². The molecule has 3 rings (SSSR count). The van der Waals surface area contributed by atoms with Crippen molar-refractivity contribution in [1.82, 2.24) is 10.3 Å². The number of fused-ring (bicyclic) bond motifs is 1. The Kier molecular flexibility index (Phi) is 4.64. The second kappa shape index (κ2) is 6.32. The van der Waals surface area contributed by atoms with Crippen LogP contribution in [0.25, 0.3) is 0 Å². The molecule has 0 amide bonds. The van der Waals surface area contributed by atoms with Crippen LogP contribution in [-0.2, 0) is 27.9 Å². The molecule has 5 heteroatoms. The molecule has 1 fully saturated rings.